The molecule has 0 N–H and O–H groups in total. The summed E-state index contributed by atoms with van der Waals surface area (Å²) >= 11 is 6.69. The largest absolute Gasteiger partial charge is 0.289 e. The molecule has 0 aliphatic heterocycles. The Labute approximate surface area is 119 Å². The quantitative estimate of drug-likeness (QED) is 0.646. The molecule has 0 unspecified atom stereocenters. The van der Waals surface area contributed by atoms with E-state index in [1.54, 1.807) is 12.3 Å². The molecule has 0 fully saturated rings. The normalized spacial score (nSPS) is 11.1. The summed E-state index contributed by atoms with van der Waals surface area (Å²) in [6.45, 7) is 0. The Bertz CT molecular complexity index is 739. The summed E-state index contributed by atoms with van der Waals surface area (Å²) in [7, 11) is 0. The van der Waals surface area contributed by atoms with Crippen LogP contribution in [0.5, 0.6) is 0 Å². The number of aromatic nitrogens is 3. The van der Waals surface area contributed by atoms with Crippen LogP contribution in [0.4, 0.5) is 4.39 Å². The van der Waals surface area contributed by atoms with Crippen LogP contribution in [-0.2, 0) is 0 Å². The van der Waals surface area contributed by atoms with E-state index >= 15 is 0 Å². The van der Waals surface area contributed by atoms with E-state index in [0.717, 1.165) is 15.7 Å². The van der Waals surface area contributed by atoms with Crippen LogP contribution in [0.15, 0.2) is 45.7 Å². The lowest BCUT2D eigenvalue weighted by Crippen LogP contribution is -1.85. The number of imidazole rings is 1. The Kier molecular flexibility index (Phi) is 2.91. The van der Waals surface area contributed by atoms with Gasteiger partial charge in [-0.1, -0.05) is 0 Å². The fourth-order valence-corrected chi connectivity index (χ4v) is 2.56. The summed E-state index contributed by atoms with van der Waals surface area (Å²) in [5.41, 5.74) is 1.57. The summed E-state index contributed by atoms with van der Waals surface area (Å²) in [6, 6.07) is 4.52. The molecule has 90 valence electrons. The van der Waals surface area contributed by atoms with Crippen LogP contribution in [0.1, 0.15) is 0 Å². The van der Waals surface area contributed by atoms with E-state index in [1.807, 2.05) is 16.8 Å². The minimum absolute atomic E-state index is 0.282. The maximum atomic E-state index is 13.0. The molecular weight excluding hydrogens is 365 g/mol. The van der Waals surface area contributed by atoms with Gasteiger partial charge in [-0.2, -0.15) is 0 Å². The zero-order valence-electron chi connectivity index (χ0n) is 8.94. The summed E-state index contributed by atoms with van der Waals surface area (Å²) < 4.78 is 16.4. The number of benzene rings is 1. The monoisotopic (exact) mass is 369 g/mol. The first kappa shape index (κ1) is 11.8. The lowest BCUT2D eigenvalue weighted by atomic mass is 10.2. The third-order valence-electron chi connectivity index (χ3n) is 2.49. The summed E-state index contributed by atoms with van der Waals surface area (Å²) in [5.74, 6) is 0.319. The minimum Gasteiger partial charge on any atom is -0.289 e. The van der Waals surface area contributed by atoms with E-state index in [1.165, 1.54) is 12.1 Å². The van der Waals surface area contributed by atoms with Crippen molar-refractivity contribution < 1.29 is 4.39 Å². The highest BCUT2D eigenvalue weighted by atomic mass is 79.9. The predicted octanol–water partition coefficient (Wildman–Crippen LogP) is 4.06. The van der Waals surface area contributed by atoms with E-state index in [2.05, 4.69) is 41.8 Å². The van der Waals surface area contributed by atoms with Crippen LogP contribution < -0.4 is 0 Å². The number of rotatable bonds is 1. The molecule has 0 saturated carbocycles. The third-order valence-corrected chi connectivity index (χ3v) is 3.55. The van der Waals surface area contributed by atoms with Crippen LogP contribution in [0.2, 0.25) is 0 Å². The van der Waals surface area contributed by atoms with Gasteiger partial charge in [-0.25, -0.2) is 14.4 Å². The Morgan fingerprint density at radius 2 is 2.00 bits per heavy atom. The molecule has 6 heteroatoms. The van der Waals surface area contributed by atoms with Crippen LogP contribution in [-0.4, -0.2) is 14.4 Å². The first-order chi connectivity index (χ1) is 8.63. The van der Waals surface area contributed by atoms with Crippen molar-refractivity contribution in [2.75, 3.05) is 0 Å². The predicted molar refractivity (Wildman–Crippen MR) is 73.8 cm³/mol. The molecule has 0 saturated heterocycles. The van der Waals surface area contributed by atoms with Gasteiger partial charge in [0.15, 0.2) is 0 Å². The van der Waals surface area contributed by atoms with Gasteiger partial charge in [-0.15, -0.1) is 0 Å². The Hall–Kier alpha value is -1.27. The van der Waals surface area contributed by atoms with E-state index in [4.69, 9.17) is 0 Å². The van der Waals surface area contributed by atoms with Crippen molar-refractivity contribution in [3.63, 3.8) is 0 Å². The van der Waals surface area contributed by atoms with E-state index in [9.17, 15) is 4.39 Å². The van der Waals surface area contributed by atoms with Crippen molar-refractivity contribution >= 4 is 37.6 Å². The Balaban J connectivity index is 2.19. The fraction of sp³-hybridized carbons (Fsp3) is 0. The molecule has 0 aliphatic carbocycles. The Morgan fingerprint density at radius 3 is 2.78 bits per heavy atom. The molecule has 3 nitrogen and oxygen atoms in total. The summed E-state index contributed by atoms with van der Waals surface area (Å²) in [6.07, 6.45) is 5.41. The standard InChI is InChI=1S/C12H6Br2FN3/c13-7-4-16-12-17-11(6-18(12)5-7)9-2-1-8(15)3-10(9)14/h1-6H. The lowest BCUT2D eigenvalue weighted by molar-refractivity contribution is 0.627. The van der Waals surface area contributed by atoms with Gasteiger partial charge in [0.25, 0.3) is 0 Å². The van der Waals surface area contributed by atoms with Crippen LogP contribution in [0, 0.1) is 5.82 Å². The molecule has 0 bridgehead atoms. The third kappa shape index (κ3) is 2.06. The molecule has 3 aromatic rings. The summed E-state index contributed by atoms with van der Waals surface area (Å²) in [4.78, 5) is 8.58. The van der Waals surface area contributed by atoms with Gasteiger partial charge in [0, 0.05) is 28.6 Å². The average Bonchev–Trinajstić information content (AvgIpc) is 2.71. The van der Waals surface area contributed by atoms with Gasteiger partial charge < -0.3 is 0 Å². The zero-order valence-corrected chi connectivity index (χ0v) is 12.1. The number of halogens is 3. The molecule has 0 spiro atoms. The second-order valence-electron chi connectivity index (χ2n) is 3.73. The molecule has 0 radical (unpaired) electrons. The SMILES string of the molecule is Fc1ccc(-c2cn3cc(Br)cnc3n2)c(Br)c1. The smallest absolute Gasteiger partial charge is 0.234 e. The number of fused-ring (bicyclic) bond motifs is 1. The van der Waals surface area contributed by atoms with Gasteiger partial charge in [0.05, 0.1) is 10.2 Å². The van der Waals surface area contributed by atoms with Crippen molar-refractivity contribution in [2.45, 2.75) is 0 Å². The molecule has 1 aromatic carbocycles. The highest BCUT2D eigenvalue weighted by Crippen LogP contribution is 2.28. The van der Waals surface area contributed by atoms with Crippen LogP contribution >= 0.6 is 31.9 Å². The minimum atomic E-state index is -0.282. The molecule has 0 aliphatic rings. The maximum absolute atomic E-state index is 13.0. The van der Waals surface area contributed by atoms with E-state index in [0.29, 0.717) is 10.3 Å². The zero-order chi connectivity index (χ0) is 12.7. The Morgan fingerprint density at radius 1 is 1.17 bits per heavy atom. The molecule has 0 amide bonds. The molecular formula is C12H6Br2FN3. The van der Waals surface area contributed by atoms with Crippen molar-refractivity contribution in [2.24, 2.45) is 0 Å². The summed E-state index contributed by atoms with van der Waals surface area (Å²) in [5, 5.41) is 0. The first-order valence-corrected chi connectivity index (χ1v) is 6.68. The number of hydrogen-bond donors (Lipinski definition) is 0. The maximum Gasteiger partial charge on any atom is 0.234 e. The molecule has 2 heterocycles. The van der Waals surface area contributed by atoms with Crippen LogP contribution in [0.3, 0.4) is 0 Å². The lowest BCUT2D eigenvalue weighted by Gasteiger charge is -1.99. The second-order valence-corrected chi connectivity index (χ2v) is 5.50. The van der Waals surface area contributed by atoms with Gasteiger partial charge in [0.1, 0.15) is 5.82 Å². The van der Waals surface area contributed by atoms with Gasteiger partial charge in [0.2, 0.25) is 5.78 Å². The highest BCUT2D eigenvalue weighted by Gasteiger charge is 2.09. The van der Waals surface area contributed by atoms with Gasteiger partial charge >= 0.3 is 0 Å². The van der Waals surface area contributed by atoms with Gasteiger partial charge in [-0.05, 0) is 50.1 Å². The van der Waals surface area contributed by atoms with Crippen molar-refractivity contribution in [1.29, 1.82) is 0 Å². The molecule has 18 heavy (non-hydrogen) atoms. The topological polar surface area (TPSA) is 30.2 Å². The van der Waals surface area contributed by atoms with Crippen molar-refractivity contribution in [3.8, 4) is 11.3 Å². The first-order valence-electron chi connectivity index (χ1n) is 5.09. The average molecular weight is 371 g/mol. The van der Waals surface area contributed by atoms with Gasteiger partial charge in [-0.3, -0.25) is 4.40 Å². The molecule has 2 aromatic heterocycles. The molecule has 0 atom stereocenters. The second kappa shape index (κ2) is 4.44. The number of hydrogen-bond acceptors (Lipinski definition) is 2. The highest BCUT2D eigenvalue weighted by molar-refractivity contribution is 9.10. The van der Waals surface area contributed by atoms with E-state index in [-0.39, 0.29) is 5.82 Å². The molecule has 3 rings (SSSR count). The van der Waals surface area contributed by atoms with E-state index < -0.39 is 0 Å². The van der Waals surface area contributed by atoms with Crippen molar-refractivity contribution in [3.05, 3.63) is 51.6 Å². The fourth-order valence-electron chi connectivity index (χ4n) is 1.69. The number of nitrogens with zero attached hydrogens (tertiary/aromatic N) is 3. The van der Waals surface area contributed by atoms with Crippen LogP contribution in [0.25, 0.3) is 17.0 Å². The van der Waals surface area contributed by atoms with Crippen molar-refractivity contribution in [1.82, 2.24) is 14.4 Å².